The molecule has 58 valence electrons. The van der Waals surface area contributed by atoms with Crippen LogP contribution in [0.3, 0.4) is 0 Å². The minimum atomic E-state index is 0.755. The number of fused-ring (bicyclic) bond motifs is 2. The zero-order valence-corrected chi connectivity index (χ0v) is 6.02. The summed E-state index contributed by atoms with van der Waals surface area (Å²) in [6.07, 6.45) is 3.30. The number of aromatic nitrogens is 2. The Morgan fingerprint density at radius 2 is 1.33 bits per heavy atom. The van der Waals surface area contributed by atoms with Crippen molar-refractivity contribution in [1.82, 2.24) is 10.3 Å². The van der Waals surface area contributed by atoms with Gasteiger partial charge in [0, 0.05) is 10.8 Å². The first kappa shape index (κ1) is 5.77. The lowest BCUT2D eigenvalue weighted by molar-refractivity contribution is 0.455. The minimum Gasteiger partial charge on any atom is -0.356 e. The molecule has 0 atom stereocenters. The van der Waals surface area contributed by atoms with Gasteiger partial charge in [-0.25, -0.2) is 0 Å². The van der Waals surface area contributed by atoms with Crippen LogP contribution in [0, 0.1) is 0 Å². The van der Waals surface area contributed by atoms with Crippen LogP contribution >= 0.6 is 0 Å². The van der Waals surface area contributed by atoms with Crippen molar-refractivity contribution in [3.63, 3.8) is 0 Å². The Bertz CT molecular complexity index is 447. The first-order chi connectivity index (χ1) is 5.93. The first-order valence-corrected chi connectivity index (χ1v) is 3.52. The Morgan fingerprint density at radius 1 is 0.833 bits per heavy atom. The molecule has 2 aromatic heterocycles. The van der Waals surface area contributed by atoms with Crippen LogP contribution in [0.2, 0.25) is 0 Å². The molecule has 0 N–H and O–H groups in total. The summed E-state index contributed by atoms with van der Waals surface area (Å²) >= 11 is 0. The van der Waals surface area contributed by atoms with Gasteiger partial charge in [0.15, 0.2) is 11.2 Å². The van der Waals surface area contributed by atoms with Crippen molar-refractivity contribution in [1.29, 1.82) is 0 Å². The van der Waals surface area contributed by atoms with Crippen molar-refractivity contribution in [2.45, 2.75) is 0 Å². The van der Waals surface area contributed by atoms with Gasteiger partial charge in [-0.05, 0) is 12.1 Å². The van der Waals surface area contributed by atoms with Crippen LogP contribution in [0.4, 0.5) is 0 Å². The molecule has 3 aromatic rings. The fraction of sp³-hybridized carbons (Fsp3) is 0. The van der Waals surface area contributed by atoms with Gasteiger partial charge in [0.05, 0.1) is 12.4 Å². The number of benzene rings is 1. The SMILES string of the molecule is c1noc2cc3cnoc3cc12. The van der Waals surface area contributed by atoms with Gasteiger partial charge in [0.1, 0.15) is 0 Å². The molecule has 4 nitrogen and oxygen atoms in total. The maximum atomic E-state index is 4.98. The molecule has 3 rings (SSSR count). The zero-order valence-electron chi connectivity index (χ0n) is 6.02. The summed E-state index contributed by atoms with van der Waals surface area (Å²) in [5.41, 5.74) is 1.51. The lowest BCUT2D eigenvalue weighted by Crippen LogP contribution is -1.63. The van der Waals surface area contributed by atoms with Crippen molar-refractivity contribution in [2.75, 3.05) is 0 Å². The molecule has 4 heteroatoms. The van der Waals surface area contributed by atoms with Gasteiger partial charge in [-0.15, -0.1) is 0 Å². The fourth-order valence-electron chi connectivity index (χ4n) is 1.23. The van der Waals surface area contributed by atoms with Gasteiger partial charge in [0.2, 0.25) is 0 Å². The molecule has 0 radical (unpaired) electrons. The predicted octanol–water partition coefficient (Wildman–Crippen LogP) is 1.97. The largest absolute Gasteiger partial charge is 0.356 e. The third-order valence-electron chi connectivity index (χ3n) is 1.83. The topological polar surface area (TPSA) is 52.1 Å². The van der Waals surface area contributed by atoms with Crippen LogP contribution in [0.15, 0.2) is 33.6 Å². The quantitative estimate of drug-likeness (QED) is 0.504. The predicted molar refractivity (Wildman–Crippen MR) is 41.6 cm³/mol. The van der Waals surface area contributed by atoms with E-state index in [2.05, 4.69) is 10.3 Å². The molecule has 0 saturated heterocycles. The van der Waals surface area contributed by atoms with Gasteiger partial charge in [-0.2, -0.15) is 0 Å². The van der Waals surface area contributed by atoms with Crippen LogP contribution in [0.1, 0.15) is 0 Å². The van der Waals surface area contributed by atoms with E-state index in [1.807, 2.05) is 12.1 Å². The summed E-state index contributed by atoms with van der Waals surface area (Å²) < 4.78 is 9.95. The van der Waals surface area contributed by atoms with Crippen LogP contribution in [0.25, 0.3) is 21.9 Å². The maximum Gasteiger partial charge on any atom is 0.167 e. The number of hydrogen-bond donors (Lipinski definition) is 0. The van der Waals surface area contributed by atoms with Crippen molar-refractivity contribution in [2.24, 2.45) is 0 Å². The van der Waals surface area contributed by atoms with Crippen molar-refractivity contribution in [3.8, 4) is 0 Å². The molecule has 0 spiro atoms. The van der Waals surface area contributed by atoms with Crippen LogP contribution in [-0.4, -0.2) is 10.3 Å². The molecule has 0 bridgehead atoms. The standard InChI is InChI=1S/C8H4N2O2/c1-5-3-9-12-8(5)2-6-4-10-11-7(1)6/h1-4H. The molecule has 12 heavy (non-hydrogen) atoms. The Balaban J connectivity index is 2.62. The lowest BCUT2D eigenvalue weighted by Gasteiger charge is -1.84. The van der Waals surface area contributed by atoms with E-state index < -0.39 is 0 Å². The normalized spacial score (nSPS) is 11.3. The molecule has 0 fully saturated rings. The van der Waals surface area contributed by atoms with Gasteiger partial charge < -0.3 is 9.05 Å². The third-order valence-corrected chi connectivity index (χ3v) is 1.83. The lowest BCUT2D eigenvalue weighted by atomic mass is 10.2. The van der Waals surface area contributed by atoms with Crippen molar-refractivity contribution >= 4 is 21.9 Å². The number of nitrogens with zero attached hydrogens (tertiary/aromatic N) is 2. The third kappa shape index (κ3) is 0.611. The maximum absolute atomic E-state index is 4.98. The zero-order chi connectivity index (χ0) is 7.97. The summed E-state index contributed by atoms with van der Waals surface area (Å²) in [6, 6.07) is 3.71. The molecule has 0 unspecified atom stereocenters. The Hall–Kier alpha value is -1.84. The summed E-state index contributed by atoms with van der Waals surface area (Å²) in [7, 11) is 0. The van der Waals surface area contributed by atoms with Crippen LogP contribution in [0.5, 0.6) is 0 Å². The highest BCUT2D eigenvalue weighted by molar-refractivity contribution is 5.91. The highest BCUT2D eigenvalue weighted by atomic mass is 16.5. The second-order valence-corrected chi connectivity index (χ2v) is 2.58. The van der Waals surface area contributed by atoms with E-state index in [0.29, 0.717) is 0 Å². The van der Waals surface area contributed by atoms with E-state index in [-0.39, 0.29) is 0 Å². The second kappa shape index (κ2) is 1.85. The average Bonchev–Trinajstić information content (AvgIpc) is 2.64. The first-order valence-electron chi connectivity index (χ1n) is 3.52. The van der Waals surface area contributed by atoms with Crippen LogP contribution < -0.4 is 0 Å². The van der Waals surface area contributed by atoms with Gasteiger partial charge in [-0.3, -0.25) is 0 Å². The molecular weight excluding hydrogens is 156 g/mol. The molecule has 0 amide bonds. The summed E-state index contributed by atoms with van der Waals surface area (Å²) in [5.74, 6) is 0. The van der Waals surface area contributed by atoms with Crippen molar-refractivity contribution < 1.29 is 9.05 Å². The number of rotatable bonds is 0. The van der Waals surface area contributed by atoms with E-state index >= 15 is 0 Å². The highest BCUT2D eigenvalue weighted by Crippen LogP contribution is 2.21. The van der Waals surface area contributed by atoms with E-state index in [9.17, 15) is 0 Å². The summed E-state index contributed by atoms with van der Waals surface area (Å²) in [6.45, 7) is 0. The smallest absolute Gasteiger partial charge is 0.167 e. The summed E-state index contributed by atoms with van der Waals surface area (Å²) in [5, 5.41) is 9.19. The van der Waals surface area contributed by atoms with Gasteiger partial charge in [0.25, 0.3) is 0 Å². The molecule has 2 heterocycles. The highest BCUT2D eigenvalue weighted by Gasteiger charge is 2.03. The number of hydrogen-bond acceptors (Lipinski definition) is 4. The van der Waals surface area contributed by atoms with E-state index in [1.165, 1.54) is 0 Å². The average molecular weight is 160 g/mol. The minimum absolute atomic E-state index is 0.755. The van der Waals surface area contributed by atoms with E-state index in [4.69, 9.17) is 9.05 Å². The molecule has 0 saturated carbocycles. The molecule has 0 aliphatic heterocycles. The van der Waals surface area contributed by atoms with Crippen LogP contribution in [-0.2, 0) is 0 Å². The van der Waals surface area contributed by atoms with Gasteiger partial charge in [-0.1, -0.05) is 10.3 Å². The van der Waals surface area contributed by atoms with Gasteiger partial charge >= 0.3 is 0 Å². The summed E-state index contributed by atoms with van der Waals surface area (Å²) in [4.78, 5) is 0. The fourth-order valence-corrected chi connectivity index (χ4v) is 1.23. The molecule has 0 aliphatic carbocycles. The Labute approximate surface area is 66.7 Å². The molecule has 1 aromatic carbocycles. The van der Waals surface area contributed by atoms with E-state index in [0.717, 1.165) is 21.9 Å². The van der Waals surface area contributed by atoms with Crippen molar-refractivity contribution in [3.05, 3.63) is 24.5 Å². The second-order valence-electron chi connectivity index (χ2n) is 2.58. The molecule has 0 aliphatic rings. The Kier molecular flexibility index (Phi) is 0.889. The Morgan fingerprint density at radius 3 is 1.83 bits per heavy atom. The molecular formula is C8H4N2O2. The monoisotopic (exact) mass is 160 g/mol. The van der Waals surface area contributed by atoms with E-state index in [1.54, 1.807) is 12.4 Å².